The average Bonchev–Trinajstić information content (AvgIpc) is 2.20. The first-order chi connectivity index (χ1) is 7.09. The van der Waals surface area contributed by atoms with Crippen molar-refractivity contribution in [3.63, 3.8) is 0 Å². The molecule has 0 bridgehead atoms. The molecule has 0 heterocycles. The molecule has 1 atom stereocenters. The SMILES string of the molecule is Cc1ccc(CSC[C@H](N)C(N)=O)cc1. The van der Waals surface area contributed by atoms with Crippen molar-refractivity contribution in [1.29, 1.82) is 0 Å². The van der Waals surface area contributed by atoms with Crippen molar-refractivity contribution in [3.8, 4) is 0 Å². The molecule has 1 aromatic carbocycles. The maximum atomic E-state index is 10.7. The molecule has 0 saturated carbocycles. The van der Waals surface area contributed by atoms with Crippen molar-refractivity contribution < 1.29 is 4.79 Å². The Balaban J connectivity index is 2.32. The van der Waals surface area contributed by atoms with Gasteiger partial charge in [0.25, 0.3) is 0 Å². The van der Waals surface area contributed by atoms with Gasteiger partial charge in [0.1, 0.15) is 0 Å². The number of hydrogen-bond donors (Lipinski definition) is 2. The number of primary amides is 1. The van der Waals surface area contributed by atoms with Crippen molar-refractivity contribution >= 4 is 17.7 Å². The van der Waals surface area contributed by atoms with Crippen LogP contribution >= 0.6 is 11.8 Å². The zero-order valence-electron chi connectivity index (χ0n) is 8.77. The van der Waals surface area contributed by atoms with Crippen LogP contribution in [0.15, 0.2) is 24.3 Å². The van der Waals surface area contributed by atoms with E-state index >= 15 is 0 Å². The summed E-state index contributed by atoms with van der Waals surface area (Å²) in [7, 11) is 0. The van der Waals surface area contributed by atoms with Gasteiger partial charge in [-0.25, -0.2) is 0 Å². The molecule has 15 heavy (non-hydrogen) atoms. The van der Waals surface area contributed by atoms with Gasteiger partial charge in [-0.2, -0.15) is 11.8 Å². The normalized spacial score (nSPS) is 12.4. The molecule has 0 aliphatic rings. The molecular weight excluding hydrogens is 208 g/mol. The number of benzene rings is 1. The van der Waals surface area contributed by atoms with Gasteiger partial charge in [0.05, 0.1) is 6.04 Å². The van der Waals surface area contributed by atoms with E-state index in [2.05, 4.69) is 31.2 Å². The predicted molar refractivity (Wildman–Crippen MR) is 64.5 cm³/mol. The fourth-order valence-electron chi connectivity index (χ4n) is 1.07. The maximum Gasteiger partial charge on any atom is 0.235 e. The van der Waals surface area contributed by atoms with Crippen molar-refractivity contribution in [2.24, 2.45) is 11.5 Å². The minimum Gasteiger partial charge on any atom is -0.368 e. The van der Waals surface area contributed by atoms with E-state index < -0.39 is 11.9 Å². The third kappa shape index (κ3) is 4.36. The minimum atomic E-state index is -0.541. The number of amides is 1. The van der Waals surface area contributed by atoms with Crippen LogP contribution in [0.5, 0.6) is 0 Å². The van der Waals surface area contributed by atoms with E-state index in [0.29, 0.717) is 5.75 Å². The number of nitrogens with two attached hydrogens (primary N) is 2. The highest BCUT2D eigenvalue weighted by Gasteiger charge is 2.08. The largest absolute Gasteiger partial charge is 0.368 e. The fourth-order valence-corrected chi connectivity index (χ4v) is 2.03. The molecule has 1 amide bonds. The van der Waals surface area contributed by atoms with Gasteiger partial charge in [-0.1, -0.05) is 29.8 Å². The summed E-state index contributed by atoms with van der Waals surface area (Å²) in [5.74, 6) is 0.996. The van der Waals surface area contributed by atoms with E-state index in [0.717, 1.165) is 5.75 Å². The first-order valence-electron chi connectivity index (χ1n) is 4.78. The van der Waals surface area contributed by atoms with E-state index in [1.54, 1.807) is 11.8 Å². The van der Waals surface area contributed by atoms with Gasteiger partial charge < -0.3 is 11.5 Å². The second kappa shape index (κ2) is 5.78. The summed E-state index contributed by atoms with van der Waals surface area (Å²) >= 11 is 1.62. The molecule has 4 N–H and O–H groups in total. The molecule has 3 nitrogen and oxygen atoms in total. The molecule has 4 heteroatoms. The van der Waals surface area contributed by atoms with Crippen molar-refractivity contribution in [3.05, 3.63) is 35.4 Å². The average molecular weight is 224 g/mol. The second-order valence-electron chi connectivity index (χ2n) is 3.51. The summed E-state index contributed by atoms with van der Waals surface area (Å²) in [6, 6.07) is 7.77. The summed E-state index contributed by atoms with van der Waals surface area (Å²) in [6.45, 7) is 2.06. The lowest BCUT2D eigenvalue weighted by molar-refractivity contribution is -0.118. The summed E-state index contributed by atoms with van der Waals surface area (Å²) < 4.78 is 0. The third-order valence-electron chi connectivity index (χ3n) is 2.05. The quantitative estimate of drug-likeness (QED) is 0.785. The van der Waals surface area contributed by atoms with Crippen LogP contribution in [-0.2, 0) is 10.5 Å². The molecule has 0 radical (unpaired) electrons. The zero-order chi connectivity index (χ0) is 11.3. The number of carbonyl (C=O) groups is 1. The summed E-state index contributed by atoms with van der Waals surface area (Å²) in [6.07, 6.45) is 0. The Hall–Kier alpha value is -1.00. The van der Waals surface area contributed by atoms with E-state index in [1.807, 2.05) is 0 Å². The first-order valence-corrected chi connectivity index (χ1v) is 5.93. The van der Waals surface area contributed by atoms with Crippen LogP contribution in [0.2, 0.25) is 0 Å². The number of aryl methyl sites for hydroxylation is 1. The maximum absolute atomic E-state index is 10.7. The highest BCUT2D eigenvalue weighted by atomic mass is 32.2. The summed E-state index contributed by atoms with van der Waals surface area (Å²) in [5, 5.41) is 0. The van der Waals surface area contributed by atoms with E-state index in [4.69, 9.17) is 11.5 Å². The Morgan fingerprint density at radius 2 is 2.00 bits per heavy atom. The Morgan fingerprint density at radius 3 is 2.53 bits per heavy atom. The Labute approximate surface area is 94.2 Å². The molecule has 0 aromatic heterocycles. The smallest absolute Gasteiger partial charge is 0.235 e. The molecule has 0 fully saturated rings. The predicted octanol–water partition coefficient (Wildman–Crippen LogP) is 1.04. The first kappa shape index (κ1) is 12.1. The zero-order valence-corrected chi connectivity index (χ0v) is 9.59. The lowest BCUT2D eigenvalue weighted by Gasteiger charge is -2.06. The fraction of sp³-hybridized carbons (Fsp3) is 0.364. The van der Waals surface area contributed by atoms with Gasteiger partial charge in [0.2, 0.25) is 5.91 Å². The standard InChI is InChI=1S/C11H16N2OS/c1-8-2-4-9(5-3-8)6-15-7-10(12)11(13)14/h2-5,10H,6-7,12H2,1H3,(H2,13,14)/t10-/m0/s1. The van der Waals surface area contributed by atoms with Crippen LogP contribution in [0.3, 0.4) is 0 Å². The van der Waals surface area contributed by atoms with Crippen LogP contribution in [-0.4, -0.2) is 17.7 Å². The van der Waals surface area contributed by atoms with Crippen molar-refractivity contribution in [1.82, 2.24) is 0 Å². The third-order valence-corrected chi connectivity index (χ3v) is 3.18. The Bertz CT molecular complexity index is 324. The molecule has 0 aliphatic heterocycles. The lowest BCUT2D eigenvalue weighted by Crippen LogP contribution is -2.38. The van der Waals surface area contributed by atoms with Crippen molar-refractivity contribution in [2.45, 2.75) is 18.7 Å². The van der Waals surface area contributed by atoms with Gasteiger partial charge in [0, 0.05) is 11.5 Å². The number of rotatable bonds is 5. The van der Waals surface area contributed by atoms with Crippen LogP contribution in [0, 0.1) is 6.92 Å². The van der Waals surface area contributed by atoms with Gasteiger partial charge in [-0.3, -0.25) is 4.79 Å². The number of carbonyl (C=O) groups excluding carboxylic acids is 1. The molecule has 82 valence electrons. The van der Waals surface area contributed by atoms with Crippen LogP contribution in [0.25, 0.3) is 0 Å². The summed E-state index contributed by atoms with van der Waals surface area (Å²) in [4.78, 5) is 10.7. The Kier molecular flexibility index (Phi) is 4.65. The summed E-state index contributed by atoms with van der Waals surface area (Å²) in [5.41, 5.74) is 13.1. The molecule has 0 unspecified atom stereocenters. The topological polar surface area (TPSA) is 69.1 Å². The molecule has 0 spiro atoms. The monoisotopic (exact) mass is 224 g/mol. The number of hydrogen-bond acceptors (Lipinski definition) is 3. The molecular formula is C11H16N2OS. The second-order valence-corrected chi connectivity index (χ2v) is 4.54. The molecule has 1 aromatic rings. The van der Waals surface area contributed by atoms with Gasteiger partial charge in [0.15, 0.2) is 0 Å². The van der Waals surface area contributed by atoms with Crippen LogP contribution in [0.4, 0.5) is 0 Å². The number of thioether (sulfide) groups is 1. The Morgan fingerprint density at radius 1 is 1.40 bits per heavy atom. The van der Waals surface area contributed by atoms with Gasteiger partial charge >= 0.3 is 0 Å². The van der Waals surface area contributed by atoms with Crippen LogP contribution < -0.4 is 11.5 Å². The molecule has 0 aliphatic carbocycles. The minimum absolute atomic E-state index is 0.439. The van der Waals surface area contributed by atoms with Gasteiger partial charge in [-0.05, 0) is 12.5 Å². The van der Waals surface area contributed by atoms with E-state index in [9.17, 15) is 4.79 Å². The van der Waals surface area contributed by atoms with E-state index in [1.165, 1.54) is 11.1 Å². The lowest BCUT2D eigenvalue weighted by atomic mass is 10.2. The van der Waals surface area contributed by atoms with Gasteiger partial charge in [-0.15, -0.1) is 0 Å². The molecule has 1 rings (SSSR count). The van der Waals surface area contributed by atoms with E-state index in [-0.39, 0.29) is 0 Å². The highest BCUT2D eigenvalue weighted by molar-refractivity contribution is 7.98. The highest BCUT2D eigenvalue weighted by Crippen LogP contribution is 2.13. The van der Waals surface area contributed by atoms with Crippen LogP contribution in [0.1, 0.15) is 11.1 Å². The van der Waals surface area contributed by atoms with Crippen molar-refractivity contribution in [2.75, 3.05) is 5.75 Å². The molecule has 0 saturated heterocycles.